The van der Waals surface area contributed by atoms with Gasteiger partial charge in [-0.15, -0.1) is 6.42 Å². The summed E-state index contributed by atoms with van der Waals surface area (Å²) in [4.78, 5) is -0.0345. The molecule has 0 fully saturated rings. The number of hydrogen-bond donors (Lipinski definition) is 1. The Bertz CT molecular complexity index is 621. The number of terminal acetylenes is 1. The summed E-state index contributed by atoms with van der Waals surface area (Å²) in [5, 5.41) is 3.14. The molecule has 4 nitrogen and oxygen atoms in total. The number of rotatable bonds is 7. The highest BCUT2D eigenvalue weighted by atomic mass is 32.2. The van der Waals surface area contributed by atoms with E-state index in [9.17, 15) is 12.8 Å². The quantitative estimate of drug-likeness (QED) is 0.783. The maximum Gasteiger partial charge on any atom is 0.244 e. The fourth-order valence-electron chi connectivity index (χ4n) is 1.84. The van der Waals surface area contributed by atoms with E-state index in [2.05, 4.69) is 11.2 Å². The second-order valence-electron chi connectivity index (χ2n) is 4.92. The van der Waals surface area contributed by atoms with Gasteiger partial charge in [-0.3, -0.25) is 0 Å². The summed E-state index contributed by atoms with van der Waals surface area (Å²) >= 11 is 0. The third-order valence-electron chi connectivity index (χ3n) is 2.97. The predicted molar refractivity (Wildman–Crippen MR) is 81.6 cm³/mol. The van der Waals surface area contributed by atoms with Crippen molar-refractivity contribution in [3.05, 3.63) is 29.6 Å². The summed E-state index contributed by atoms with van der Waals surface area (Å²) in [6, 6.07) is 3.99. The van der Waals surface area contributed by atoms with Gasteiger partial charge in [-0.2, -0.15) is 4.31 Å². The second kappa shape index (κ2) is 7.55. The van der Waals surface area contributed by atoms with Gasteiger partial charge in [0.05, 0.1) is 11.4 Å². The van der Waals surface area contributed by atoms with Crippen molar-refractivity contribution in [3.8, 4) is 12.3 Å². The molecule has 21 heavy (non-hydrogen) atoms. The van der Waals surface area contributed by atoms with Crippen LogP contribution in [0.1, 0.15) is 26.3 Å². The summed E-state index contributed by atoms with van der Waals surface area (Å²) in [5.74, 6) is 1.73. The van der Waals surface area contributed by atoms with Gasteiger partial charge in [-0.1, -0.05) is 32.8 Å². The van der Waals surface area contributed by atoms with E-state index in [0.29, 0.717) is 12.1 Å². The number of sulfonamides is 1. The molecule has 0 spiro atoms. The van der Waals surface area contributed by atoms with Crippen LogP contribution >= 0.6 is 0 Å². The Morgan fingerprint density at radius 1 is 1.43 bits per heavy atom. The lowest BCUT2D eigenvalue weighted by atomic mass is 10.2. The molecule has 6 heteroatoms. The zero-order chi connectivity index (χ0) is 16.0. The first-order valence-corrected chi connectivity index (χ1v) is 8.22. The molecule has 0 saturated carbocycles. The van der Waals surface area contributed by atoms with E-state index in [4.69, 9.17) is 6.42 Å². The van der Waals surface area contributed by atoms with Crippen molar-refractivity contribution in [1.82, 2.24) is 9.62 Å². The highest BCUT2D eigenvalue weighted by Gasteiger charge is 2.25. The Labute approximate surface area is 126 Å². The largest absolute Gasteiger partial charge is 0.310 e. The molecule has 0 heterocycles. The number of hydrogen-bond acceptors (Lipinski definition) is 3. The van der Waals surface area contributed by atoms with Crippen LogP contribution < -0.4 is 5.32 Å². The molecule has 0 radical (unpaired) electrons. The molecule has 1 rings (SSSR count). The molecule has 1 aromatic rings. The minimum Gasteiger partial charge on any atom is -0.310 e. The summed E-state index contributed by atoms with van der Waals surface area (Å²) in [6.45, 7) is 6.15. The van der Waals surface area contributed by atoms with Crippen molar-refractivity contribution in [3.63, 3.8) is 0 Å². The van der Waals surface area contributed by atoms with Gasteiger partial charge in [0.2, 0.25) is 10.0 Å². The van der Waals surface area contributed by atoms with Crippen LogP contribution in [0.5, 0.6) is 0 Å². The Hall–Kier alpha value is -1.42. The van der Waals surface area contributed by atoms with Crippen LogP contribution in [0.3, 0.4) is 0 Å². The molecule has 0 aromatic heterocycles. The Kier molecular flexibility index (Phi) is 6.34. The zero-order valence-electron chi connectivity index (χ0n) is 12.6. The molecule has 1 aromatic carbocycles. The monoisotopic (exact) mass is 312 g/mol. The number of benzene rings is 1. The summed E-state index contributed by atoms with van der Waals surface area (Å²) in [6.07, 6.45) is 5.20. The predicted octanol–water partition coefficient (Wildman–Crippen LogP) is 1.97. The highest BCUT2D eigenvalue weighted by Crippen LogP contribution is 2.21. The summed E-state index contributed by atoms with van der Waals surface area (Å²) in [7, 11) is -3.80. The molecule has 0 saturated heterocycles. The van der Waals surface area contributed by atoms with Gasteiger partial charge in [0.25, 0.3) is 0 Å². The number of halogens is 1. The van der Waals surface area contributed by atoms with Gasteiger partial charge in [-0.05, 0) is 17.7 Å². The molecule has 0 amide bonds. The average Bonchev–Trinajstić information content (AvgIpc) is 2.42. The average molecular weight is 312 g/mol. The van der Waals surface area contributed by atoms with E-state index in [-0.39, 0.29) is 24.0 Å². The van der Waals surface area contributed by atoms with Gasteiger partial charge < -0.3 is 5.32 Å². The standard InChI is InChI=1S/C15H21FN2O2S/c1-5-9-18(6-2)21(19,20)15-10-14(16)8-7-13(15)11-17-12(3)4/h1,7-8,10,12,17H,6,9,11H2,2-4H3. The Balaban J connectivity index is 3.26. The van der Waals surface area contributed by atoms with Crippen molar-refractivity contribution in [2.45, 2.75) is 38.3 Å². The molecule has 0 unspecified atom stereocenters. The van der Waals surface area contributed by atoms with Crippen LogP contribution in [-0.2, 0) is 16.6 Å². The molecule has 116 valence electrons. The fourth-order valence-corrected chi connectivity index (χ4v) is 3.43. The molecule has 0 atom stereocenters. The van der Waals surface area contributed by atoms with Crippen molar-refractivity contribution >= 4 is 10.0 Å². The van der Waals surface area contributed by atoms with Gasteiger partial charge in [-0.25, -0.2) is 12.8 Å². The van der Waals surface area contributed by atoms with E-state index in [1.54, 1.807) is 6.92 Å². The first-order chi connectivity index (χ1) is 9.82. The van der Waals surface area contributed by atoms with Crippen LogP contribution in [0, 0.1) is 18.2 Å². The smallest absolute Gasteiger partial charge is 0.244 e. The third kappa shape index (κ3) is 4.53. The van der Waals surface area contributed by atoms with E-state index in [1.807, 2.05) is 13.8 Å². The van der Waals surface area contributed by atoms with Gasteiger partial charge in [0.15, 0.2) is 0 Å². The third-order valence-corrected chi connectivity index (χ3v) is 4.97. The van der Waals surface area contributed by atoms with Crippen molar-refractivity contribution in [1.29, 1.82) is 0 Å². The van der Waals surface area contributed by atoms with E-state index >= 15 is 0 Å². The van der Waals surface area contributed by atoms with Crippen LogP contribution in [-0.4, -0.2) is 31.9 Å². The van der Waals surface area contributed by atoms with E-state index < -0.39 is 15.8 Å². The van der Waals surface area contributed by atoms with Crippen LogP contribution in [0.15, 0.2) is 23.1 Å². The molecule has 0 aliphatic heterocycles. The van der Waals surface area contributed by atoms with Crippen molar-refractivity contribution in [2.24, 2.45) is 0 Å². The molecule has 0 aliphatic carbocycles. The summed E-state index contributed by atoms with van der Waals surface area (Å²) < 4.78 is 39.9. The van der Waals surface area contributed by atoms with E-state index in [0.717, 1.165) is 10.4 Å². The lowest BCUT2D eigenvalue weighted by Crippen LogP contribution is -2.33. The molecule has 0 aliphatic rings. The Morgan fingerprint density at radius 3 is 2.62 bits per heavy atom. The maximum absolute atomic E-state index is 13.5. The molecular formula is C15H21FN2O2S. The normalized spacial score (nSPS) is 11.9. The topological polar surface area (TPSA) is 49.4 Å². The first-order valence-electron chi connectivity index (χ1n) is 6.78. The van der Waals surface area contributed by atoms with Crippen LogP contribution in [0.4, 0.5) is 4.39 Å². The second-order valence-corrected chi connectivity index (χ2v) is 6.83. The number of nitrogens with one attached hydrogen (secondary N) is 1. The molecular weight excluding hydrogens is 291 g/mol. The minimum atomic E-state index is -3.80. The van der Waals surface area contributed by atoms with Crippen LogP contribution in [0.25, 0.3) is 0 Å². The van der Waals surface area contributed by atoms with Gasteiger partial charge in [0, 0.05) is 19.1 Å². The van der Waals surface area contributed by atoms with Gasteiger partial charge >= 0.3 is 0 Å². The minimum absolute atomic E-state index is 0.0345. The SMILES string of the molecule is C#CCN(CC)S(=O)(=O)c1cc(F)ccc1CNC(C)C. The van der Waals surface area contributed by atoms with Crippen molar-refractivity contribution in [2.75, 3.05) is 13.1 Å². The van der Waals surface area contributed by atoms with Gasteiger partial charge in [0.1, 0.15) is 5.82 Å². The summed E-state index contributed by atoms with van der Waals surface area (Å²) in [5.41, 5.74) is 0.528. The lowest BCUT2D eigenvalue weighted by molar-refractivity contribution is 0.461. The van der Waals surface area contributed by atoms with Crippen LogP contribution in [0.2, 0.25) is 0 Å². The molecule has 0 bridgehead atoms. The Morgan fingerprint density at radius 2 is 2.10 bits per heavy atom. The first kappa shape index (κ1) is 17.6. The fraction of sp³-hybridized carbons (Fsp3) is 0.467. The lowest BCUT2D eigenvalue weighted by Gasteiger charge is -2.20. The molecule has 1 N–H and O–H groups in total. The van der Waals surface area contributed by atoms with Crippen molar-refractivity contribution < 1.29 is 12.8 Å². The van der Waals surface area contributed by atoms with E-state index in [1.165, 1.54) is 12.1 Å². The highest BCUT2D eigenvalue weighted by molar-refractivity contribution is 7.89. The number of nitrogens with zero attached hydrogens (tertiary/aromatic N) is 1. The zero-order valence-corrected chi connectivity index (χ0v) is 13.4. The maximum atomic E-state index is 13.5.